The van der Waals surface area contributed by atoms with Gasteiger partial charge in [-0.1, -0.05) is 64.4 Å². The third-order valence-corrected chi connectivity index (χ3v) is 13.6. The number of carbonyl (C=O) groups is 1. The van der Waals surface area contributed by atoms with Crippen LogP contribution in [0, 0.1) is 52.3 Å². The maximum atomic E-state index is 13.0. The van der Waals surface area contributed by atoms with E-state index in [1.807, 2.05) is 6.07 Å². The number of rotatable bonds is 9. The highest BCUT2D eigenvalue weighted by atomic mass is 32.2. The summed E-state index contributed by atoms with van der Waals surface area (Å²) in [5, 5.41) is 25.3. The van der Waals surface area contributed by atoms with Crippen LogP contribution in [-0.2, 0) is 14.9 Å². The molecule has 236 valence electrons. The minimum Gasteiger partial charge on any atom is -0.393 e. The van der Waals surface area contributed by atoms with Crippen LogP contribution < -0.4 is 5.32 Å². The van der Waals surface area contributed by atoms with E-state index in [0.717, 1.165) is 57.8 Å². The SMILES string of the molecule is CCC1C(O)C2C3CCC(C(C)CCC(=O)NC(CS(=O)(=O)O)c4ccccc4)C3(C)CCC2C2(C)CCC(O)CC12. The Balaban J connectivity index is 1.26. The van der Waals surface area contributed by atoms with Gasteiger partial charge in [-0.2, -0.15) is 8.42 Å². The molecule has 12 unspecified atom stereocenters. The molecule has 4 N–H and O–H groups in total. The zero-order valence-corrected chi connectivity index (χ0v) is 26.7. The summed E-state index contributed by atoms with van der Waals surface area (Å²) in [5.74, 6) is 1.97. The third-order valence-electron chi connectivity index (χ3n) is 12.9. The number of aliphatic hydroxyl groups excluding tert-OH is 2. The largest absolute Gasteiger partial charge is 0.393 e. The van der Waals surface area contributed by atoms with E-state index in [2.05, 4.69) is 33.0 Å². The van der Waals surface area contributed by atoms with E-state index in [1.165, 1.54) is 0 Å². The second-order valence-electron chi connectivity index (χ2n) is 14.9. The summed E-state index contributed by atoms with van der Waals surface area (Å²) in [5.41, 5.74) is 0.967. The Morgan fingerprint density at radius 2 is 1.67 bits per heavy atom. The fourth-order valence-electron chi connectivity index (χ4n) is 10.9. The van der Waals surface area contributed by atoms with Crippen LogP contribution in [0.3, 0.4) is 0 Å². The van der Waals surface area contributed by atoms with Gasteiger partial charge in [0.05, 0.1) is 24.0 Å². The molecule has 0 aliphatic heterocycles. The van der Waals surface area contributed by atoms with Gasteiger partial charge in [-0.15, -0.1) is 0 Å². The molecule has 0 bridgehead atoms. The molecule has 4 saturated carbocycles. The van der Waals surface area contributed by atoms with Crippen LogP contribution in [0.4, 0.5) is 0 Å². The molecule has 0 saturated heterocycles. The van der Waals surface area contributed by atoms with Gasteiger partial charge in [0.2, 0.25) is 5.91 Å². The topological polar surface area (TPSA) is 124 Å². The number of amides is 1. The molecule has 0 spiro atoms. The molecule has 0 heterocycles. The summed E-state index contributed by atoms with van der Waals surface area (Å²) in [6.07, 6.45) is 8.72. The fraction of sp³-hybridized carbons (Fsp3) is 0.794. The quantitative estimate of drug-likeness (QED) is 0.266. The summed E-state index contributed by atoms with van der Waals surface area (Å²) in [4.78, 5) is 13.0. The number of hydrogen-bond donors (Lipinski definition) is 4. The van der Waals surface area contributed by atoms with Gasteiger partial charge in [0.25, 0.3) is 10.1 Å². The van der Waals surface area contributed by atoms with Crippen molar-refractivity contribution in [1.82, 2.24) is 5.32 Å². The number of benzene rings is 1. The lowest BCUT2D eigenvalue weighted by molar-refractivity contribution is -0.203. The van der Waals surface area contributed by atoms with Gasteiger partial charge < -0.3 is 15.5 Å². The zero-order chi connectivity index (χ0) is 30.4. The van der Waals surface area contributed by atoms with Crippen LogP contribution in [0.25, 0.3) is 0 Å². The molecule has 0 radical (unpaired) electrons. The van der Waals surface area contributed by atoms with Gasteiger partial charge in [0.1, 0.15) is 0 Å². The monoisotopic (exact) mass is 603 g/mol. The Morgan fingerprint density at radius 3 is 2.33 bits per heavy atom. The third kappa shape index (κ3) is 5.94. The lowest BCUT2D eigenvalue weighted by Crippen LogP contribution is -2.62. The van der Waals surface area contributed by atoms with E-state index in [9.17, 15) is 28.0 Å². The Hall–Kier alpha value is -1.48. The first-order chi connectivity index (χ1) is 19.8. The van der Waals surface area contributed by atoms with Crippen molar-refractivity contribution in [3.63, 3.8) is 0 Å². The molecule has 1 aromatic rings. The molecular formula is C34H53NO6S. The van der Waals surface area contributed by atoms with Gasteiger partial charge in [-0.25, -0.2) is 0 Å². The summed E-state index contributed by atoms with van der Waals surface area (Å²) in [7, 11) is -4.27. The number of hydrogen-bond acceptors (Lipinski definition) is 5. The number of aliphatic hydroxyl groups is 2. The highest BCUT2D eigenvalue weighted by Crippen LogP contribution is 2.69. The molecule has 1 amide bonds. The Kier molecular flexibility index (Phi) is 9.22. The highest BCUT2D eigenvalue weighted by molar-refractivity contribution is 7.85. The molecule has 1 aromatic carbocycles. The normalized spacial score (nSPS) is 41.2. The lowest BCUT2D eigenvalue weighted by Gasteiger charge is -2.64. The molecule has 12 atom stereocenters. The van der Waals surface area contributed by atoms with Crippen LogP contribution in [0.2, 0.25) is 0 Å². The van der Waals surface area contributed by atoms with E-state index in [-0.39, 0.29) is 34.9 Å². The van der Waals surface area contributed by atoms with Crippen molar-refractivity contribution in [3.05, 3.63) is 35.9 Å². The first-order valence-corrected chi connectivity index (χ1v) is 18.0. The van der Waals surface area contributed by atoms with Gasteiger partial charge in [0, 0.05) is 6.42 Å². The first kappa shape index (κ1) is 31.9. The zero-order valence-electron chi connectivity index (χ0n) is 25.9. The molecule has 4 fully saturated rings. The van der Waals surface area contributed by atoms with E-state index >= 15 is 0 Å². The Labute approximate surface area is 253 Å². The number of fused-ring (bicyclic) bond motifs is 5. The van der Waals surface area contributed by atoms with Crippen LogP contribution in [0.15, 0.2) is 30.3 Å². The smallest absolute Gasteiger partial charge is 0.267 e. The van der Waals surface area contributed by atoms with E-state index in [1.54, 1.807) is 24.3 Å². The fourth-order valence-corrected chi connectivity index (χ4v) is 11.6. The van der Waals surface area contributed by atoms with Crippen molar-refractivity contribution >= 4 is 16.0 Å². The van der Waals surface area contributed by atoms with Crippen molar-refractivity contribution < 1.29 is 28.0 Å². The van der Waals surface area contributed by atoms with Gasteiger partial charge in [-0.05, 0) is 109 Å². The predicted octanol–water partition coefficient (Wildman–Crippen LogP) is 5.77. The summed E-state index contributed by atoms with van der Waals surface area (Å²) in [6.45, 7) is 9.39. The molecule has 8 heteroatoms. The Morgan fingerprint density at radius 1 is 1.00 bits per heavy atom. The van der Waals surface area contributed by atoms with Crippen molar-refractivity contribution in [2.45, 2.75) is 110 Å². The van der Waals surface area contributed by atoms with Crippen LogP contribution in [0.1, 0.15) is 104 Å². The average molecular weight is 604 g/mol. The minimum absolute atomic E-state index is 0.130. The molecule has 5 rings (SSSR count). The highest BCUT2D eigenvalue weighted by Gasteiger charge is 2.64. The van der Waals surface area contributed by atoms with E-state index < -0.39 is 21.9 Å². The molecule has 0 aromatic heterocycles. The number of carbonyl (C=O) groups excluding carboxylic acids is 1. The summed E-state index contributed by atoms with van der Waals surface area (Å²) < 4.78 is 32.8. The molecule has 4 aliphatic carbocycles. The van der Waals surface area contributed by atoms with Crippen LogP contribution in [-0.4, -0.2) is 47.1 Å². The second kappa shape index (κ2) is 12.1. The lowest BCUT2D eigenvalue weighted by atomic mass is 9.41. The number of nitrogens with one attached hydrogen (secondary N) is 1. The average Bonchev–Trinajstić information content (AvgIpc) is 3.29. The molecule has 42 heavy (non-hydrogen) atoms. The standard InChI is InChI=1S/C34H53NO6S/c1-5-24-28-19-23(36)15-17-34(28,4)27-16-18-33(3)25(12-13-26(33)31(27)32(24)38)21(2)11-14-30(37)35-29(20-42(39,40)41)22-9-7-6-8-10-22/h6-10,21,23-29,31-32,36,38H,5,11-20H2,1-4H3,(H,35,37)(H,39,40,41). The van der Waals surface area contributed by atoms with Gasteiger partial charge in [0.15, 0.2) is 0 Å². The Bertz CT molecular complexity index is 1210. The molecular weight excluding hydrogens is 550 g/mol. The van der Waals surface area contributed by atoms with Gasteiger partial charge in [-0.3, -0.25) is 9.35 Å². The summed E-state index contributed by atoms with van der Waals surface area (Å²) in [6, 6.07) is 8.13. The molecule has 4 aliphatic rings. The van der Waals surface area contributed by atoms with Crippen molar-refractivity contribution in [2.24, 2.45) is 52.3 Å². The predicted molar refractivity (Wildman–Crippen MR) is 164 cm³/mol. The molecule has 7 nitrogen and oxygen atoms in total. The summed E-state index contributed by atoms with van der Waals surface area (Å²) >= 11 is 0. The van der Waals surface area contributed by atoms with Crippen LogP contribution in [0.5, 0.6) is 0 Å². The van der Waals surface area contributed by atoms with Crippen LogP contribution >= 0.6 is 0 Å². The van der Waals surface area contributed by atoms with Crippen molar-refractivity contribution in [3.8, 4) is 0 Å². The van der Waals surface area contributed by atoms with E-state index in [0.29, 0.717) is 47.5 Å². The minimum atomic E-state index is -4.27. The maximum absolute atomic E-state index is 13.0. The van der Waals surface area contributed by atoms with Gasteiger partial charge >= 0.3 is 0 Å². The maximum Gasteiger partial charge on any atom is 0.267 e. The van der Waals surface area contributed by atoms with Crippen molar-refractivity contribution in [2.75, 3.05) is 5.75 Å². The van der Waals surface area contributed by atoms with E-state index in [4.69, 9.17) is 0 Å². The first-order valence-electron chi connectivity index (χ1n) is 16.4. The van der Waals surface area contributed by atoms with Crippen molar-refractivity contribution in [1.29, 1.82) is 0 Å². The second-order valence-corrected chi connectivity index (χ2v) is 16.4.